The third-order valence-corrected chi connectivity index (χ3v) is 3.94. The molecule has 1 aromatic rings. The molecule has 0 aromatic carbocycles. The fraction of sp³-hybridized carbons (Fsp3) is 0.600. The highest BCUT2D eigenvalue weighted by Crippen LogP contribution is 2.17. The van der Waals surface area contributed by atoms with Crippen LogP contribution >= 0.6 is 0 Å². The molecule has 0 spiro atoms. The first-order valence-electron chi connectivity index (χ1n) is 7.52. The minimum absolute atomic E-state index is 0.0615. The van der Waals surface area contributed by atoms with Gasteiger partial charge in [-0.25, -0.2) is 10.8 Å². The van der Waals surface area contributed by atoms with Crippen molar-refractivity contribution in [1.82, 2.24) is 14.8 Å². The molecule has 1 aromatic heterocycles. The summed E-state index contributed by atoms with van der Waals surface area (Å²) in [4.78, 5) is 21.4. The quantitative estimate of drug-likeness (QED) is 0.644. The fourth-order valence-corrected chi connectivity index (χ4v) is 2.81. The predicted octanol–water partition coefficient (Wildman–Crippen LogP) is 1.10. The second-order valence-electron chi connectivity index (χ2n) is 5.69. The first-order chi connectivity index (χ1) is 10.0. The third-order valence-electron chi connectivity index (χ3n) is 3.94. The fourth-order valence-electron chi connectivity index (χ4n) is 2.81. The molecule has 6 nitrogen and oxygen atoms in total. The molecular weight excluding hydrogens is 266 g/mol. The number of anilines is 1. The lowest BCUT2D eigenvalue weighted by molar-refractivity contribution is 0.0696. The zero-order valence-electron chi connectivity index (χ0n) is 13.1. The van der Waals surface area contributed by atoms with Crippen LogP contribution in [0.5, 0.6) is 0 Å². The molecule has 1 saturated heterocycles. The summed E-state index contributed by atoms with van der Waals surface area (Å²) in [6.07, 6.45) is 1.77. The summed E-state index contributed by atoms with van der Waals surface area (Å²) in [6.45, 7) is 6.84. The summed E-state index contributed by atoms with van der Waals surface area (Å²) in [5.74, 6) is 6.05. The highest BCUT2D eigenvalue weighted by molar-refractivity contribution is 5.95. The van der Waals surface area contributed by atoms with Crippen molar-refractivity contribution in [3.05, 3.63) is 23.4 Å². The van der Waals surface area contributed by atoms with Gasteiger partial charge in [-0.15, -0.1) is 0 Å². The molecule has 0 bridgehead atoms. The number of nitrogens with zero attached hydrogens (tertiary/aromatic N) is 3. The molecule has 1 aliphatic heterocycles. The number of nitrogens with one attached hydrogen (secondary N) is 1. The van der Waals surface area contributed by atoms with Gasteiger partial charge in [-0.3, -0.25) is 4.79 Å². The van der Waals surface area contributed by atoms with Crippen LogP contribution in [0.25, 0.3) is 0 Å². The third kappa shape index (κ3) is 3.71. The van der Waals surface area contributed by atoms with Crippen molar-refractivity contribution in [2.45, 2.75) is 32.7 Å². The van der Waals surface area contributed by atoms with Crippen LogP contribution in [0.2, 0.25) is 0 Å². The molecule has 1 fully saturated rings. The average Bonchev–Trinajstić information content (AvgIpc) is 2.66. The van der Waals surface area contributed by atoms with Crippen molar-refractivity contribution < 1.29 is 4.79 Å². The Bertz CT molecular complexity index is 483. The number of amides is 1. The van der Waals surface area contributed by atoms with Crippen LogP contribution < -0.4 is 11.3 Å². The Morgan fingerprint density at radius 3 is 2.90 bits per heavy atom. The van der Waals surface area contributed by atoms with Gasteiger partial charge >= 0.3 is 0 Å². The highest BCUT2D eigenvalue weighted by Gasteiger charge is 2.25. The largest absolute Gasteiger partial charge is 0.335 e. The van der Waals surface area contributed by atoms with E-state index in [0.717, 1.165) is 38.2 Å². The number of likely N-dealkylation sites (N-methyl/N-ethyl adjacent to an activating group) is 1. The van der Waals surface area contributed by atoms with E-state index in [1.54, 1.807) is 6.07 Å². The number of aromatic nitrogens is 1. The van der Waals surface area contributed by atoms with Crippen LogP contribution in [0, 0.1) is 0 Å². The molecule has 1 unspecified atom stereocenters. The van der Waals surface area contributed by atoms with E-state index in [-0.39, 0.29) is 11.9 Å². The molecule has 116 valence electrons. The van der Waals surface area contributed by atoms with Crippen molar-refractivity contribution in [1.29, 1.82) is 0 Å². The van der Waals surface area contributed by atoms with Crippen molar-refractivity contribution in [2.75, 3.05) is 32.1 Å². The molecular formula is C15H25N5O. The summed E-state index contributed by atoms with van der Waals surface area (Å²) in [5, 5.41) is 0. The molecule has 6 heteroatoms. The Kier molecular flexibility index (Phi) is 5.14. The normalized spacial score (nSPS) is 20.2. The Morgan fingerprint density at radius 1 is 1.48 bits per heavy atom. The van der Waals surface area contributed by atoms with Gasteiger partial charge in [0.1, 0.15) is 5.82 Å². The maximum atomic E-state index is 12.8. The van der Waals surface area contributed by atoms with Gasteiger partial charge < -0.3 is 15.2 Å². The number of hydrogen-bond donors (Lipinski definition) is 2. The number of carbonyl (C=O) groups is 1. The minimum Gasteiger partial charge on any atom is -0.335 e. The van der Waals surface area contributed by atoms with E-state index >= 15 is 0 Å². The van der Waals surface area contributed by atoms with Crippen molar-refractivity contribution in [2.24, 2.45) is 5.84 Å². The maximum Gasteiger partial charge on any atom is 0.254 e. The second kappa shape index (κ2) is 6.87. The lowest BCUT2D eigenvalue weighted by atomic mass is 10.1. The summed E-state index contributed by atoms with van der Waals surface area (Å²) >= 11 is 0. The monoisotopic (exact) mass is 291 g/mol. The maximum absolute atomic E-state index is 12.8. The summed E-state index contributed by atoms with van der Waals surface area (Å²) < 4.78 is 0. The topological polar surface area (TPSA) is 74.5 Å². The van der Waals surface area contributed by atoms with Gasteiger partial charge in [-0.05, 0) is 45.5 Å². The number of hydrazine groups is 1. The molecule has 2 rings (SSSR count). The zero-order chi connectivity index (χ0) is 15.4. The number of carbonyl (C=O) groups excluding carboxylic acids is 1. The van der Waals surface area contributed by atoms with Crippen molar-refractivity contribution >= 4 is 11.7 Å². The number of hydrogen-bond acceptors (Lipinski definition) is 5. The number of rotatable bonds is 3. The van der Waals surface area contributed by atoms with E-state index in [1.165, 1.54) is 0 Å². The summed E-state index contributed by atoms with van der Waals surface area (Å²) in [7, 11) is 2.10. The van der Waals surface area contributed by atoms with Crippen molar-refractivity contribution in [3.8, 4) is 0 Å². The Labute approximate surface area is 126 Å². The first-order valence-corrected chi connectivity index (χ1v) is 7.52. The number of pyridine rings is 1. The van der Waals surface area contributed by atoms with E-state index in [4.69, 9.17) is 5.84 Å². The molecule has 1 atom stereocenters. The van der Waals surface area contributed by atoms with Crippen LogP contribution in [0.15, 0.2) is 12.1 Å². The van der Waals surface area contributed by atoms with Gasteiger partial charge in [0.15, 0.2) is 0 Å². The van der Waals surface area contributed by atoms with E-state index < -0.39 is 0 Å². The highest BCUT2D eigenvalue weighted by atomic mass is 16.2. The lowest BCUT2D eigenvalue weighted by Gasteiger charge is -2.28. The standard InChI is InChI=1S/C15H25N5O/c1-4-13-8-12(9-14(17-13)18-16)15(21)20-7-5-6-19(3)10-11(20)2/h8-9,11H,4-7,10,16H2,1-3H3,(H,17,18). The van der Waals surface area contributed by atoms with Crippen LogP contribution in [0.1, 0.15) is 36.3 Å². The molecule has 1 amide bonds. The van der Waals surface area contributed by atoms with Gasteiger partial charge in [-0.2, -0.15) is 0 Å². The van der Waals surface area contributed by atoms with Crippen molar-refractivity contribution in [3.63, 3.8) is 0 Å². The molecule has 1 aliphatic rings. The lowest BCUT2D eigenvalue weighted by Crippen LogP contribution is -2.42. The second-order valence-corrected chi connectivity index (χ2v) is 5.69. The average molecular weight is 291 g/mol. The SMILES string of the molecule is CCc1cc(C(=O)N2CCCN(C)CC2C)cc(NN)n1. The number of aryl methyl sites for hydroxylation is 1. The summed E-state index contributed by atoms with van der Waals surface area (Å²) in [5.41, 5.74) is 4.07. The van der Waals surface area contributed by atoms with Crippen LogP contribution in [0.3, 0.4) is 0 Å². The Balaban J connectivity index is 2.26. The van der Waals surface area contributed by atoms with Gasteiger partial charge in [0.2, 0.25) is 0 Å². The molecule has 0 aliphatic carbocycles. The van der Waals surface area contributed by atoms with Crippen LogP contribution in [0.4, 0.5) is 5.82 Å². The molecule has 21 heavy (non-hydrogen) atoms. The van der Waals surface area contributed by atoms with Gasteiger partial charge in [0.05, 0.1) is 0 Å². The van der Waals surface area contributed by atoms with E-state index in [1.807, 2.05) is 17.9 Å². The summed E-state index contributed by atoms with van der Waals surface area (Å²) in [6, 6.07) is 3.80. The Hall–Kier alpha value is -1.66. The molecule has 0 saturated carbocycles. The smallest absolute Gasteiger partial charge is 0.254 e. The van der Waals surface area contributed by atoms with E-state index in [9.17, 15) is 4.79 Å². The predicted molar refractivity (Wildman–Crippen MR) is 84.0 cm³/mol. The van der Waals surface area contributed by atoms with Crippen LogP contribution in [-0.4, -0.2) is 53.4 Å². The van der Waals surface area contributed by atoms with E-state index in [0.29, 0.717) is 11.4 Å². The number of nitrogens with two attached hydrogens (primary N) is 1. The molecule has 3 N–H and O–H groups in total. The first kappa shape index (κ1) is 15.7. The van der Waals surface area contributed by atoms with Crippen LogP contribution in [-0.2, 0) is 6.42 Å². The van der Waals surface area contributed by atoms with E-state index in [2.05, 4.69) is 29.3 Å². The molecule has 0 radical (unpaired) electrons. The van der Waals surface area contributed by atoms with Gasteiger partial charge in [0, 0.05) is 30.4 Å². The minimum atomic E-state index is 0.0615. The number of nitrogen functional groups attached to an aromatic ring is 1. The van der Waals surface area contributed by atoms with Gasteiger partial charge in [-0.1, -0.05) is 6.92 Å². The zero-order valence-corrected chi connectivity index (χ0v) is 13.1. The Morgan fingerprint density at radius 2 is 2.24 bits per heavy atom. The molecule has 2 heterocycles. The van der Waals surface area contributed by atoms with Gasteiger partial charge in [0.25, 0.3) is 5.91 Å².